The maximum atomic E-state index is 15.8. The molecular formula is C50H55F6N4O9S3+. The summed E-state index contributed by atoms with van der Waals surface area (Å²) >= 11 is 0. The van der Waals surface area contributed by atoms with Crippen LogP contribution in [0, 0.1) is 5.41 Å². The molecule has 0 amide bonds. The summed E-state index contributed by atoms with van der Waals surface area (Å²) in [6, 6.07) is 32.8. The van der Waals surface area contributed by atoms with Crippen molar-refractivity contribution in [3.05, 3.63) is 127 Å². The van der Waals surface area contributed by atoms with Gasteiger partial charge in [0.25, 0.3) is 30.1 Å². The van der Waals surface area contributed by atoms with Crippen molar-refractivity contribution in [1.29, 1.82) is 0 Å². The molecule has 72 heavy (non-hydrogen) atoms. The molecule has 6 rings (SSSR count). The highest BCUT2D eigenvalue weighted by Gasteiger charge is 2.83. The summed E-state index contributed by atoms with van der Waals surface area (Å²) in [5.41, 5.74) is 1.19. The maximum Gasteiger partial charge on any atom is 0.429 e. The number of benzene rings is 5. The third-order valence-electron chi connectivity index (χ3n) is 12.1. The minimum Gasteiger partial charge on any atom is -0.464 e. The Labute approximate surface area is 415 Å². The lowest BCUT2D eigenvalue weighted by Gasteiger charge is -2.34. The number of sulfonamides is 3. The van der Waals surface area contributed by atoms with Crippen LogP contribution in [-0.4, -0.2) is 83.7 Å². The Morgan fingerprint density at radius 2 is 1.32 bits per heavy atom. The standard InChI is InChI=1S/C50H55F6N4O9S3/c1-9-47(7,8)46(61)68-30-29-58(10-2)72(66,67)50(55,56)48(51,52)49(53,54)71(64,65)57-70(62,63)44-24-18-17-23-41(44)45-39-27-25-37(59(33(3)4)35-19-13-11-14-20-35)31-42(39)69-43-32-38(26-28-40(43)45)60(34(5)6)36-21-15-12-16-22-36/h11-28,31-34,57H,9-10,29-30H2,1-8H3/q+1. The molecule has 4 aromatic rings. The largest absolute Gasteiger partial charge is 0.464 e. The number of likely N-dealkylation sites (N-methyl/N-ethyl adjacent to an activating group) is 1. The molecule has 388 valence electrons. The van der Waals surface area contributed by atoms with Crippen LogP contribution in [-0.2, 0) is 39.6 Å². The van der Waals surface area contributed by atoms with E-state index in [1.54, 1.807) is 43.3 Å². The molecule has 0 radical (unpaired) electrons. The molecule has 0 atom stereocenters. The van der Waals surface area contributed by atoms with E-state index in [9.17, 15) is 30.0 Å². The molecule has 0 saturated heterocycles. The second-order valence-corrected chi connectivity index (χ2v) is 23.6. The molecule has 1 aliphatic carbocycles. The minimum absolute atomic E-state index is 0.0487. The molecule has 0 aromatic heterocycles. The summed E-state index contributed by atoms with van der Waals surface area (Å²) < 4.78 is 189. The summed E-state index contributed by atoms with van der Waals surface area (Å²) in [5, 5.41) is -13.2. The molecular weight excluding hydrogens is 1010 g/mol. The molecule has 0 fully saturated rings. The third-order valence-corrected chi connectivity index (χ3v) is 17.8. The quantitative estimate of drug-likeness (QED) is 0.0337. The topological polar surface area (TPSA) is 163 Å². The van der Waals surface area contributed by atoms with Crippen molar-refractivity contribution in [2.24, 2.45) is 5.41 Å². The predicted octanol–water partition coefficient (Wildman–Crippen LogP) is 10.3. The average Bonchev–Trinajstić information content (AvgIpc) is 3.31. The van der Waals surface area contributed by atoms with Crippen molar-refractivity contribution in [3.63, 3.8) is 0 Å². The number of esters is 1. The second-order valence-electron chi connectivity index (χ2n) is 18.0. The van der Waals surface area contributed by atoms with Crippen molar-refractivity contribution in [2.45, 2.75) is 95.2 Å². The zero-order chi connectivity index (χ0) is 53.4. The molecule has 0 unspecified atom stereocenters. The first-order valence-electron chi connectivity index (χ1n) is 22.7. The van der Waals surface area contributed by atoms with E-state index in [0.29, 0.717) is 15.2 Å². The van der Waals surface area contributed by atoms with Crippen molar-refractivity contribution >= 4 is 64.1 Å². The van der Waals surface area contributed by atoms with Gasteiger partial charge in [-0.1, -0.05) is 72.6 Å². The normalized spacial score (nSPS) is 13.8. The minimum atomic E-state index is -7.51. The number of nitrogens with zero attached hydrogens (tertiary/aromatic N) is 3. The maximum absolute atomic E-state index is 15.8. The Morgan fingerprint density at radius 3 is 1.90 bits per heavy atom. The molecule has 2 aliphatic rings. The van der Waals surface area contributed by atoms with Gasteiger partial charge in [-0.25, -0.2) is 25.3 Å². The number of halogens is 6. The lowest BCUT2D eigenvalue weighted by Crippen LogP contribution is -2.65. The van der Waals surface area contributed by atoms with E-state index in [0.717, 1.165) is 30.4 Å². The first-order chi connectivity index (χ1) is 33.5. The van der Waals surface area contributed by atoms with Crippen LogP contribution >= 0.6 is 0 Å². The molecule has 0 bridgehead atoms. The zero-order valence-corrected chi connectivity index (χ0v) is 43.0. The Morgan fingerprint density at radius 1 is 0.722 bits per heavy atom. The van der Waals surface area contributed by atoms with Gasteiger partial charge in [0.2, 0.25) is 11.0 Å². The molecule has 1 heterocycles. The Kier molecular flexibility index (Phi) is 15.9. The number of carbonyl (C=O) groups excluding carboxylic acids is 1. The van der Waals surface area contributed by atoms with E-state index in [1.165, 1.54) is 26.0 Å². The van der Waals surface area contributed by atoms with Crippen LogP contribution in [0.5, 0.6) is 0 Å². The van der Waals surface area contributed by atoms with Gasteiger partial charge in [0.05, 0.1) is 16.4 Å². The van der Waals surface area contributed by atoms with Crippen LogP contribution in [0.15, 0.2) is 131 Å². The molecule has 1 aliphatic heterocycles. The smallest absolute Gasteiger partial charge is 0.429 e. The number of carbonyl (C=O) groups is 1. The lowest BCUT2D eigenvalue weighted by molar-refractivity contribution is -0.245. The van der Waals surface area contributed by atoms with E-state index in [-0.39, 0.29) is 51.9 Å². The van der Waals surface area contributed by atoms with Gasteiger partial charge in [0.1, 0.15) is 18.0 Å². The number of hydrogen-bond donors (Lipinski definition) is 1. The summed E-state index contributed by atoms with van der Waals surface area (Å²) in [6.07, 6.45) is 0.225. The highest BCUT2D eigenvalue weighted by Crippen LogP contribution is 2.52. The SMILES string of the molecule is CCN(CCOC(=O)C(C)(C)CC)S(=O)(=O)C(F)(F)C(F)(F)C(F)(F)S(=O)(=O)NS(=O)(=O)c1ccccc1-c1c2cc/c(=[N+](\c3ccccc3)C(C)C)cc-2oc2cc(N(c3ccccc3)C(C)C)ccc12. The van der Waals surface area contributed by atoms with Gasteiger partial charge >= 0.3 is 22.4 Å². The van der Waals surface area contributed by atoms with Gasteiger partial charge in [-0.05, 0) is 84.4 Å². The second kappa shape index (κ2) is 20.6. The van der Waals surface area contributed by atoms with Crippen molar-refractivity contribution in [2.75, 3.05) is 24.6 Å². The monoisotopic (exact) mass is 1070 g/mol. The van der Waals surface area contributed by atoms with Crippen molar-refractivity contribution in [1.82, 2.24) is 13.0 Å². The van der Waals surface area contributed by atoms with E-state index in [2.05, 4.69) is 0 Å². The zero-order valence-electron chi connectivity index (χ0n) is 40.5. The van der Waals surface area contributed by atoms with Gasteiger partial charge in [-0.3, -0.25) is 4.79 Å². The number of para-hydroxylation sites is 2. The summed E-state index contributed by atoms with van der Waals surface area (Å²) in [7, 11) is -20.4. The van der Waals surface area contributed by atoms with Gasteiger partial charge in [0.15, 0.2) is 6.04 Å². The van der Waals surface area contributed by atoms with Crippen LogP contribution < -0.4 is 19.0 Å². The van der Waals surface area contributed by atoms with Crippen LogP contribution in [0.1, 0.15) is 61.8 Å². The van der Waals surface area contributed by atoms with Crippen LogP contribution in [0.3, 0.4) is 0 Å². The van der Waals surface area contributed by atoms with Crippen LogP contribution in [0.4, 0.5) is 43.4 Å². The number of alkyl halides is 6. The number of fused-ring (bicyclic) bond motifs is 2. The van der Waals surface area contributed by atoms with Crippen molar-refractivity contribution < 1.29 is 65.5 Å². The summed E-state index contributed by atoms with van der Waals surface area (Å²) in [6.45, 7) is 9.95. The van der Waals surface area contributed by atoms with E-state index >= 15 is 26.3 Å². The fourth-order valence-corrected chi connectivity index (χ4v) is 12.6. The Hall–Kier alpha value is -5.81. The highest BCUT2D eigenvalue weighted by atomic mass is 32.3. The lowest BCUT2D eigenvalue weighted by atomic mass is 9.91. The highest BCUT2D eigenvalue weighted by molar-refractivity contribution is 8.05. The molecule has 4 aromatic carbocycles. The third kappa shape index (κ3) is 10.2. The fraction of sp³-hybridized carbons (Fsp3) is 0.360. The molecule has 13 nitrogen and oxygen atoms in total. The number of anilines is 2. The average molecular weight is 1070 g/mol. The molecule has 1 N–H and O–H groups in total. The first-order valence-corrected chi connectivity index (χ1v) is 27.1. The Balaban J connectivity index is 1.49. The Bertz CT molecular complexity index is 3340. The van der Waals surface area contributed by atoms with E-state index in [4.69, 9.17) is 9.15 Å². The molecule has 0 saturated carbocycles. The van der Waals surface area contributed by atoms with Gasteiger partial charge in [0, 0.05) is 76.8 Å². The number of ether oxygens (including phenoxy) is 1. The first kappa shape index (κ1) is 55.5. The summed E-state index contributed by atoms with van der Waals surface area (Å²) in [4.78, 5) is 13.3. The number of hydrogen-bond acceptors (Lipinski definition) is 10. The predicted molar refractivity (Wildman–Crippen MR) is 264 cm³/mol. The van der Waals surface area contributed by atoms with Crippen molar-refractivity contribution in [3.8, 4) is 22.5 Å². The van der Waals surface area contributed by atoms with Crippen LogP contribution in [0.25, 0.3) is 33.4 Å². The van der Waals surface area contributed by atoms with E-state index < -0.39 is 86.8 Å². The fourth-order valence-electron chi connectivity index (χ4n) is 7.96. The van der Waals surface area contributed by atoms with Gasteiger partial charge < -0.3 is 14.1 Å². The van der Waals surface area contributed by atoms with E-state index in [1.807, 2.05) is 97.8 Å². The van der Waals surface area contributed by atoms with Crippen LogP contribution in [0.2, 0.25) is 0 Å². The number of rotatable bonds is 20. The summed E-state index contributed by atoms with van der Waals surface area (Å²) in [5.74, 6) is -8.08. The molecule has 0 spiro atoms. The van der Waals surface area contributed by atoms with Gasteiger partial charge in [-0.15, -0.1) is 0 Å². The van der Waals surface area contributed by atoms with Gasteiger partial charge in [-0.2, -0.15) is 35.2 Å². The molecule has 22 heteroatoms. The number of nitrogens with one attached hydrogen (secondary N) is 1.